The molecule has 21 heavy (non-hydrogen) atoms. The van der Waals surface area contributed by atoms with Gasteiger partial charge in [0.25, 0.3) is 0 Å². The third kappa shape index (κ3) is 6.09. The molecule has 1 fully saturated rings. The number of nitrogens with one attached hydrogen (secondary N) is 1. The number of hydrogen-bond donors (Lipinski definition) is 1. The molecular formula is C18H29BrN2. The van der Waals surface area contributed by atoms with Crippen molar-refractivity contribution in [1.29, 1.82) is 0 Å². The van der Waals surface area contributed by atoms with Crippen molar-refractivity contribution in [1.82, 2.24) is 10.2 Å². The normalized spacial score (nSPS) is 16.4. The lowest BCUT2D eigenvalue weighted by Crippen LogP contribution is -2.31. The van der Waals surface area contributed by atoms with Gasteiger partial charge in [-0.05, 0) is 68.9 Å². The van der Waals surface area contributed by atoms with Gasteiger partial charge in [-0.1, -0.05) is 41.9 Å². The SMILES string of the molecule is CCCN(CCC(NCC)c1ccc(Br)cc1)CC1CC1. The molecular weight excluding hydrogens is 324 g/mol. The summed E-state index contributed by atoms with van der Waals surface area (Å²) in [5, 5.41) is 3.64. The predicted molar refractivity (Wildman–Crippen MR) is 94.6 cm³/mol. The molecule has 1 saturated carbocycles. The largest absolute Gasteiger partial charge is 0.310 e. The van der Waals surface area contributed by atoms with Crippen LogP contribution < -0.4 is 5.32 Å². The van der Waals surface area contributed by atoms with Gasteiger partial charge in [-0.2, -0.15) is 0 Å². The number of nitrogens with zero attached hydrogens (tertiary/aromatic N) is 1. The van der Waals surface area contributed by atoms with Gasteiger partial charge in [-0.3, -0.25) is 0 Å². The highest BCUT2D eigenvalue weighted by Crippen LogP contribution is 2.30. The number of hydrogen-bond acceptors (Lipinski definition) is 2. The maximum atomic E-state index is 3.64. The minimum Gasteiger partial charge on any atom is -0.310 e. The molecule has 0 spiro atoms. The zero-order valence-electron chi connectivity index (χ0n) is 13.4. The van der Waals surface area contributed by atoms with Gasteiger partial charge in [0.05, 0.1) is 0 Å². The van der Waals surface area contributed by atoms with Crippen LogP contribution in [0.25, 0.3) is 0 Å². The van der Waals surface area contributed by atoms with Crippen LogP contribution in [-0.4, -0.2) is 31.1 Å². The predicted octanol–water partition coefficient (Wildman–Crippen LogP) is 4.61. The summed E-state index contributed by atoms with van der Waals surface area (Å²) in [7, 11) is 0. The van der Waals surface area contributed by atoms with Crippen LogP contribution in [0.5, 0.6) is 0 Å². The fourth-order valence-corrected chi connectivity index (χ4v) is 3.18. The molecule has 1 aromatic carbocycles. The van der Waals surface area contributed by atoms with Gasteiger partial charge in [0.15, 0.2) is 0 Å². The van der Waals surface area contributed by atoms with Crippen LogP contribution >= 0.6 is 15.9 Å². The summed E-state index contributed by atoms with van der Waals surface area (Å²) < 4.78 is 1.16. The van der Waals surface area contributed by atoms with Crippen molar-refractivity contribution in [2.24, 2.45) is 5.92 Å². The van der Waals surface area contributed by atoms with Crippen LogP contribution in [0.2, 0.25) is 0 Å². The van der Waals surface area contributed by atoms with Gasteiger partial charge in [-0.25, -0.2) is 0 Å². The monoisotopic (exact) mass is 352 g/mol. The Hall–Kier alpha value is -0.380. The third-order valence-electron chi connectivity index (χ3n) is 4.21. The standard InChI is InChI=1S/C18H29BrN2/c1-3-12-21(14-15-5-6-15)13-11-18(20-4-2)16-7-9-17(19)10-8-16/h7-10,15,18,20H,3-6,11-14H2,1-2H3. The fraction of sp³-hybridized carbons (Fsp3) is 0.667. The summed E-state index contributed by atoms with van der Waals surface area (Å²) in [6, 6.07) is 9.24. The van der Waals surface area contributed by atoms with Gasteiger partial charge in [-0.15, -0.1) is 0 Å². The van der Waals surface area contributed by atoms with Crippen molar-refractivity contribution in [2.45, 2.75) is 45.6 Å². The van der Waals surface area contributed by atoms with Crippen LogP contribution in [0, 0.1) is 5.92 Å². The molecule has 1 unspecified atom stereocenters. The Balaban J connectivity index is 1.89. The average Bonchev–Trinajstić information content (AvgIpc) is 3.28. The zero-order chi connectivity index (χ0) is 15.1. The van der Waals surface area contributed by atoms with Gasteiger partial charge in [0.1, 0.15) is 0 Å². The molecule has 3 heteroatoms. The molecule has 0 amide bonds. The quantitative estimate of drug-likeness (QED) is 0.661. The minimum absolute atomic E-state index is 0.474. The molecule has 2 nitrogen and oxygen atoms in total. The van der Waals surface area contributed by atoms with E-state index in [-0.39, 0.29) is 0 Å². The first-order valence-electron chi connectivity index (χ1n) is 8.44. The van der Waals surface area contributed by atoms with E-state index in [0.717, 1.165) is 16.9 Å². The van der Waals surface area contributed by atoms with E-state index in [4.69, 9.17) is 0 Å². The molecule has 1 aliphatic rings. The number of rotatable bonds is 10. The highest BCUT2D eigenvalue weighted by Gasteiger charge is 2.24. The summed E-state index contributed by atoms with van der Waals surface area (Å²) in [6.07, 6.45) is 5.35. The summed E-state index contributed by atoms with van der Waals surface area (Å²) in [6.45, 7) is 9.27. The van der Waals surface area contributed by atoms with Gasteiger partial charge < -0.3 is 10.2 Å². The van der Waals surface area contributed by atoms with E-state index in [1.807, 2.05) is 0 Å². The summed E-state index contributed by atoms with van der Waals surface area (Å²) in [4.78, 5) is 2.67. The molecule has 0 bridgehead atoms. The molecule has 0 aromatic heterocycles. The second kappa shape index (κ2) is 8.92. The number of halogens is 1. The van der Waals surface area contributed by atoms with E-state index >= 15 is 0 Å². The fourth-order valence-electron chi connectivity index (χ4n) is 2.92. The molecule has 0 aliphatic heterocycles. The van der Waals surface area contributed by atoms with Crippen molar-refractivity contribution in [3.63, 3.8) is 0 Å². The Kier molecular flexibility index (Phi) is 7.21. The summed E-state index contributed by atoms with van der Waals surface area (Å²) >= 11 is 3.52. The van der Waals surface area contributed by atoms with Crippen molar-refractivity contribution >= 4 is 15.9 Å². The van der Waals surface area contributed by atoms with Crippen molar-refractivity contribution in [2.75, 3.05) is 26.2 Å². The molecule has 2 rings (SSSR count). The lowest BCUT2D eigenvalue weighted by Gasteiger charge is -2.25. The molecule has 0 heterocycles. The zero-order valence-corrected chi connectivity index (χ0v) is 15.0. The van der Waals surface area contributed by atoms with E-state index in [1.165, 1.54) is 50.9 Å². The first-order chi connectivity index (χ1) is 10.2. The van der Waals surface area contributed by atoms with E-state index in [9.17, 15) is 0 Å². The van der Waals surface area contributed by atoms with Gasteiger partial charge in [0, 0.05) is 17.1 Å². The highest BCUT2D eigenvalue weighted by atomic mass is 79.9. The lowest BCUT2D eigenvalue weighted by molar-refractivity contribution is 0.248. The Morgan fingerprint density at radius 1 is 1.19 bits per heavy atom. The third-order valence-corrected chi connectivity index (χ3v) is 4.74. The average molecular weight is 353 g/mol. The number of benzene rings is 1. The van der Waals surface area contributed by atoms with Gasteiger partial charge >= 0.3 is 0 Å². The molecule has 1 aliphatic carbocycles. The van der Waals surface area contributed by atoms with Gasteiger partial charge in [0.2, 0.25) is 0 Å². The smallest absolute Gasteiger partial charge is 0.0332 e. The van der Waals surface area contributed by atoms with Crippen LogP contribution in [0.15, 0.2) is 28.7 Å². The van der Waals surface area contributed by atoms with Crippen molar-refractivity contribution in [3.05, 3.63) is 34.3 Å². The van der Waals surface area contributed by atoms with Crippen LogP contribution in [0.3, 0.4) is 0 Å². The molecule has 1 aromatic rings. The van der Waals surface area contributed by atoms with Crippen molar-refractivity contribution in [3.8, 4) is 0 Å². The summed E-state index contributed by atoms with van der Waals surface area (Å²) in [5.74, 6) is 0.988. The molecule has 1 atom stereocenters. The minimum atomic E-state index is 0.474. The Bertz CT molecular complexity index is 400. The second-order valence-electron chi connectivity index (χ2n) is 6.19. The maximum absolute atomic E-state index is 3.64. The van der Waals surface area contributed by atoms with Crippen molar-refractivity contribution < 1.29 is 0 Å². The van der Waals surface area contributed by atoms with E-state index in [2.05, 4.69) is 64.3 Å². The Labute approximate surface area is 138 Å². The molecule has 0 radical (unpaired) electrons. The molecule has 0 saturated heterocycles. The van der Waals surface area contributed by atoms with Crippen LogP contribution in [0.4, 0.5) is 0 Å². The van der Waals surface area contributed by atoms with E-state index in [0.29, 0.717) is 6.04 Å². The highest BCUT2D eigenvalue weighted by molar-refractivity contribution is 9.10. The maximum Gasteiger partial charge on any atom is 0.0332 e. The Morgan fingerprint density at radius 3 is 2.48 bits per heavy atom. The van der Waals surface area contributed by atoms with Crippen LogP contribution in [0.1, 0.15) is 51.1 Å². The van der Waals surface area contributed by atoms with E-state index < -0.39 is 0 Å². The Morgan fingerprint density at radius 2 is 1.90 bits per heavy atom. The lowest BCUT2D eigenvalue weighted by atomic mass is 10.0. The van der Waals surface area contributed by atoms with Crippen LogP contribution in [-0.2, 0) is 0 Å². The first-order valence-corrected chi connectivity index (χ1v) is 9.23. The van der Waals surface area contributed by atoms with E-state index in [1.54, 1.807) is 0 Å². The molecule has 118 valence electrons. The second-order valence-corrected chi connectivity index (χ2v) is 7.11. The first kappa shape index (κ1) is 17.0. The topological polar surface area (TPSA) is 15.3 Å². The molecule has 1 N–H and O–H groups in total. The summed E-state index contributed by atoms with van der Waals surface area (Å²) in [5.41, 5.74) is 1.41.